The van der Waals surface area contributed by atoms with Gasteiger partial charge in [-0.15, -0.1) is 0 Å². The van der Waals surface area contributed by atoms with Crippen LogP contribution in [0.15, 0.2) is 41.3 Å². The smallest absolute Gasteiger partial charge is 0.405 e. The SMILES string of the molecule is O=C(O)NCC(=O)N1CCC(COc2ccc(-c3ccc4c(c3)OCS4(=O)=O)cc2F)CC1. The lowest BCUT2D eigenvalue weighted by Gasteiger charge is -2.31. The third kappa shape index (κ3) is 5.19. The number of carboxylic acid groups (broad SMARTS) is 1. The number of sulfone groups is 1. The maximum atomic E-state index is 14.6. The maximum absolute atomic E-state index is 14.6. The predicted molar refractivity (Wildman–Crippen MR) is 115 cm³/mol. The molecule has 0 aromatic heterocycles. The molecule has 0 spiro atoms. The lowest BCUT2D eigenvalue weighted by atomic mass is 9.97. The summed E-state index contributed by atoms with van der Waals surface area (Å²) < 4.78 is 49.3. The van der Waals surface area contributed by atoms with E-state index in [4.69, 9.17) is 14.6 Å². The molecule has 1 fully saturated rings. The number of nitrogens with zero attached hydrogens (tertiary/aromatic N) is 1. The molecule has 0 bridgehead atoms. The van der Waals surface area contributed by atoms with Crippen molar-refractivity contribution in [3.8, 4) is 22.6 Å². The number of piperidine rings is 1. The van der Waals surface area contributed by atoms with Crippen LogP contribution in [0.25, 0.3) is 11.1 Å². The highest BCUT2D eigenvalue weighted by atomic mass is 32.2. The fourth-order valence-electron chi connectivity index (χ4n) is 3.88. The van der Waals surface area contributed by atoms with Crippen LogP contribution < -0.4 is 14.8 Å². The predicted octanol–water partition coefficient (Wildman–Crippen LogP) is 2.50. The van der Waals surface area contributed by atoms with Gasteiger partial charge in [0.25, 0.3) is 0 Å². The Morgan fingerprint density at radius 1 is 1.15 bits per heavy atom. The van der Waals surface area contributed by atoms with E-state index in [0.717, 1.165) is 0 Å². The molecule has 0 aliphatic carbocycles. The molecule has 176 valence electrons. The quantitative estimate of drug-likeness (QED) is 0.654. The van der Waals surface area contributed by atoms with Crippen LogP contribution in [0.4, 0.5) is 9.18 Å². The number of hydrogen-bond donors (Lipinski definition) is 2. The van der Waals surface area contributed by atoms with Gasteiger partial charge in [0.1, 0.15) is 17.2 Å². The van der Waals surface area contributed by atoms with Gasteiger partial charge >= 0.3 is 6.09 Å². The van der Waals surface area contributed by atoms with E-state index in [-0.39, 0.29) is 40.7 Å². The summed E-state index contributed by atoms with van der Waals surface area (Å²) in [6.45, 7) is 1.04. The van der Waals surface area contributed by atoms with Crippen molar-refractivity contribution in [2.24, 2.45) is 5.92 Å². The Balaban J connectivity index is 1.32. The molecule has 0 unspecified atom stereocenters. The molecule has 1 saturated heterocycles. The Morgan fingerprint density at radius 3 is 2.55 bits per heavy atom. The molecule has 2 N–H and O–H groups in total. The van der Waals surface area contributed by atoms with Gasteiger partial charge in [0, 0.05) is 13.1 Å². The molecule has 2 aliphatic heterocycles. The average molecular weight is 478 g/mol. The highest BCUT2D eigenvalue weighted by molar-refractivity contribution is 7.91. The molecular weight excluding hydrogens is 455 g/mol. The van der Waals surface area contributed by atoms with Gasteiger partial charge in [-0.05, 0) is 54.2 Å². The second kappa shape index (κ2) is 9.26. The monoisotopic (exact) mass is 478 g/mol. The van der Waals surface area contributed by atoms with E-state index in [2.05, 4.69) is 5.32 Å². The lowest BCUT2D eigenvalue weighted by molar-refractivity contribution is -0.131. The van der Waals surface area contributed by atoms with Gasteiger partial charge < -0.3 is 24.8 Å². The zero-order valence-corrected chi connectivity index (χ0v) is 18.4. The normalized spacial score (nSPS) is 17.2. The van der Waals surface area contributed by atoms with Crippen molar-refractivity contribution in [2.75, 3.05) is 32.2 Å². The summed E-state index contributed by atoms with van der Waals surface area (Å²) in [4.78, 5) is 24.2. The van der Waals surface area contributed by atoms with E-state index >= 15 is 0 Å². The van der Waals surface area contributed by atoms with E-state index in [1.807, 2.05) is 0 Å². The van der Waals surface area contributed by atoms with Gasteiger partial charge in [-0.1, -0.05) is 12.1 Å². The summed E-state index contributed by atoms with van der Waals surface area (Å²) in [6, 6.07) is 9.21. The first kappa shape index (κ1) is 22.8. The van der Waals surface area contributed by atoms with Crippen LogP contribution in [-0.2, 0) is 14.6 Å². The first-order valence-corrected chi connectivity index (χ1v) is 12.0. The third-order valence-electron chi connectivity index (χ3n) is 5.75. The second-order valence-corrected chi connectivity index (χ2v) is 9.88. The summed E-state index contributed by atoms with van der Waals surface area (Å²) in [5.41, 5.74) is 1.20. The Hall–Kier alpha value is -3.34. The average Bonchev–Trinajstić information content (AvgIpc) is 3.11. The lowest BCUT2D eigenvalue weighted by Crippen LogP contribution is -2.44. The molecule has 0 atom stereocenters. The number of benzene rings is 2. The number of hydrogen-bond acceptors (Lipinski definition) is 6. The van der Waals surface area contributed by atoms with E-state index in [1.54, 1.807) is 23.1 Å². The summed E-state index contributed by atoms with van der Waals surface area (Å²) in [5.74, 6) is -0.669. The van der Waals surface area contributed by atoms with Crippen LogP contribution in [0.3, 0.4) is 0 Å². The molecule has 2 amide bonds. The Kier molecular flexibility index (Phi) is 6.41. The van der Waals surface area contributed by atoms with Crippen LogP contribution in [0.2, 0.25) is 0 Å². The van der Waals surface area contributed by atoms with Crippen LogP contribution in [0, 0.1) is 11.7 Å². The number of rotatable bonds is 6. The summed E-state index contributed by atoms with van der Waals surface area (Å²) in [6.07, 6.45) is 0.115. The number of halogens is 1. The third-order valence-corrected chi connectivity index (χ3v) is 7.18. The number of likely N-dealkylation sites (tertiary alicyclic amines) is 1. The zero-order chi connectivity index (χ0) is 23.6. The van der Waals surface area contributed by atoms with Crippen molar-refractivity contribution in [3.05, 3.63) is 42.2 Å². The van der Waals surface area contributed by atoms with E-state index in [1.165, 1.54) is 18.2 Å². The zero-order valence-electron chi connectivity index (χ0n) is 17.6. The topological polar surface area (TPSA) is 122 Å². The first-order chi connectivity index (χ1) is 15.7. The number of carbonyl (C=O) groups is 2. The minimum Gasteiger partial charge on any atom is -0.490 e. The molecule has 2 aromatic carbocycles. The van der Waals surface area contributed by atoms with Crippen LogP contribution in [0.5, 0.6) is 11.5 Å². The highest BCUT2D eigenvalue weighted by Crippen LogP contribution is 2.36. The van der Waals surface area contributed by atoms with Gasteiger partial charge in [0.2, 0.25) is 15.7 Å². The Morgan fingerprint density at radius 2 is 1.85 bits per heavy atom. The van der Waals surface area contributed by atoms with Crippen LogP contribution in [-0.4, -0.2) is 62.6 Å². The van der Waals surface area contributed by atoms with E-state index in [9.17, 15) is 22.4 Å². The largest absolute Gasteiger partial charge is 0.490 e. The summed E-state index contributed by atoms with van der Waals surface area (Å²) in [5, 5.41) is 10.6. The molecule has 2 aliphatic rings. The maximum Gasteiger partial charge on any atom is 0.405 e. The summed E-state index contributed by atoms with van der Waals surface area (Å²) in [7, 11) is -3.42. The van der Waals surface area contributed by atoms with Gasteiger partial charge in [-0.2, -0.15) is 0 Å². The van der Waals surface area contributed by atoms with Gasteiger partial charge in [0.15, 0.2) is 17.5 Å². The number of ether oxygens (including phenoxy) is 2. The molecule has 4 rings (SSSR count). The molecule has 9 nitrogen and oxygen atoms in total. The van der Waals surface area contributed by atoms with E-state index < -0.39 is 21.7 Å². The molecule has 0 saturated carbocycles. The Bertz CT molecular complexity index is 1180. The molecular formula is C22H23FN2O7S. The van der Waals surface area contributed by atoms with Gasteiger partial charge in [-0.25, -0.2) is 17.6 Å². The first-order valence-electron chi connectivity index (χ1n) is 10.4. The fourth-order valence-corrected chi connectivity index (χ4v) is 4.99. The number of carbonyl (C=O) groups excluding carboxylic acids is 1. The number of fused-ring (bicyclic) bond motifs is 1. The summed E-state index contributed by atoms with van der Waals surface area (Å²) >= 11 is 0. The van der Waals surface area contributed by atoms with Crippen molar-refractivity contribution in [2.45, 2.75) is 17.7 Å². The van der Waals surface area contributed by atoms with Crippen molar-refractivity contribution >= 4 is 21.8 Å². The van der Waals surface area contributed by atoms with Gasteiger partial charge in [-0.3, -0.25) is 4.79 Å². The molecule has 0 radical (unpaired) electrons. The Labute approximate surface area is 190 Å². The number of nitrogens with one attached hydrogen (secondary N) is 1. The minimum atomic E-state index is -3.42. The van der Waals surface area contributed by atoms with Crippen molar-refractivity contribution < 1.29 is 37.0 Å². The molecule has 2 heterocycles. The number of amides is 2. The van der Waals surface area contributed by atoms with Crippen molar-refractivity contribution in [3.63, 3.8) is 0 Å². The van der Waals surface area contributed by atoms with Gasteiger partial charge in [0.05, 0.1) is 6.61 Å². The van der Waals surface area contributed by atoms with Crippen molar-refractivity contribution in [1.82, 2.24) is 10.2 Å². The molecule has 2 aromatic rings. The highest BCUT2D eigenvalue weighted by Gasteiger charge is 2.28. The van der Waals surface area contributed by atoms with E-state index in [0.29, 0.717) is 43.7 Å². The minimum absolute atomic E-state index is 0.114. The molecule has 11 heteroatoms. The second-order valence-electron chi connectivity index (χ2n) is 7.98. The van der Waals surface area contributed by atoms with Crippen LogP contribution >= 0.6 is 0 Å². The van der Waals surface area contributed by atoms with Crippen molar-refractivity contribution in [1.29, 1.82) is 0 Å². The van der Waals surface area contributed by atoms with Crippen LogP contribution in [0.1, 0.15) is 12.8 Å². The fraction of sp³-hybridized carbons (Fsp3) is 0.364. The standard InChI is InChI=1S/C22H23FN2O7S/c23-17-9-15(16-2-4-20-19(10-16)32-13-33(20,29)30)1-3-18(17)31-12-14-5-7-25(8-6-14)21(26)11-24-22(27)28/h1-4,9-10,14,24H,5-8,11-13H2,(H,27,28). The molecule has 33 heavy (non-hydrogen) atoms.